The zero-order chi connectivity index (χ0) is 19.6. The largest absolute Gasteiger partial charge is 0.416 e. The number of rotatable bonds is 4. The highest BCUT2D eigenvalue weighted by Crippen LogP contribution is 2.32. The van der Waals surface area contributed by atoms with Gasteiger partial charge >= 0.3 is 6.18 Å². The van der Waals surface area contributed by atoms with Crippen LogP contribution in [-0.4, -0.2) is 10.9 Å². The van der Waals surface area contributed by atoms with Gasteiger partial charge in [-0.3, -0.25) is 4.79 Å². The molecular formula is C19H14F4N2OS. The van der Waals surface area contributed by atoms with Crippen LogP contribution >= 0.6 is 11.3 Å². The van der Waals surface area contributed by atoms with E-state index in [2.05, 4.69) is 10.3 Å². The highest BCUT2D eigenvalue weighted by atomic mass is 32.1. The van der Waals surface area contributed by atoms with E-state index in [-0.39, 0.29) is 12.1 Å². The van der Waals surface area contributed by atoms with E-state index in [4.69, 9.17) is 0 Å². The second-order valence-electron chi connectivity index (χ2n) is 5.85. The van der Waals surface area contributed by atoms with E-state index in [1.165, 1.54) is 11.3 Å². The third-order valence-electron chi connectivity index (χ3n) is 3.83. The van der Waals surface area contributed by atoms with E-state index >= 15 is 0 Å². The van der Waals surface area contributed by atoms with E-state index in [0.717, 1.165) is 28.4 Å². The van der Waals surface area contributed by atoms with Crippen LogP contribution in [0.4, 0.5) is 17.6 Å². The minimum atomic E-state index is -4.70. The van der Waals surface area contributed by atoms with Gasteiger partial charge in [0.25, 0.3) is 5.91 Å². The Morgan fingerprint density at radius 1 is 1.15 bits per heavy atom. The van der Waals surface area contributed by atoms with Crippen LogP contribution in [0.15, 0.2) is 47.8 Å². The number of nitrogens with zero attached hydrogens (tertiary/aromatic N) is 1. The summed E-state index contributed by atoms with van der Waals surface area (Å²) in [4.78, 5) is 16.6. The molecule has 0 unspecified atom stereocenters. The number of halogens is 4. The maximum atomic E-state index is 13.1. The summed E-state index contributed by atoms with van der Waals surface area (Å²) < 4.78 is 52.1. The number of carbonyl (C=O) groups excluding carboxylic acids is 1. The molecule has 2 aromatic carbocycles. The molecule has 0 aliphatic carbocycles. The molecule has 0 aliphatic rings. The molecule has 0 fully saturated rings. The minimum absolute atomic E-state index is 0.202. The Hall–Kier alpha value is -2.74. The van der Waals surface area contributed by atoms with Crippen molar-refractivity contribution in [2.75, 3.05) is 0 Å². The first-order valence-corrected chi connectivity index (χ1v) is 8.78. The predicted octanol–water partition coefficient (Wildman–Crippen LogP) is 5.21. The summed E-state index contributed by atoms with van der Waals surface area (Å²) in [6.45, 7) is 1.52. The van der Waals surface area contributed by atoms with Crippen molar-refractivity contribution in [2.45, 2.75) is 19.6 Å². The number of aromatic nitrogens is 1. The van der Waals surface area contributed by atoms with Gasteiger partial charge in [0.05, 0.1) is 5.56 Å². The first-order chi connectivity index (χ1) is 12.7. The van der Waals surface area contributed by atoms with Gasteiger partial charge in [0.2, 0.25) is 0 Å². The first-order valence-electron chi connectivity index (χ1n) is 7.90. The number of benzene rings is 2. The van der Waals surface area contributed by atoms with Crippen LogP contribution in [-0.2, 0) is 12.7 Å². The van der Waals surface area contributed by atoms with Gasteiger partial charge < -0.3 is 5.32 Å². The summed E-state index contributed by atoms with van der Waals surface area (Å²) in [5.74, 6) is -1.50. The van der Waals surface area contributed by atoms with Crippen molar-refractivity contribution in [2.24, 2.45) is 0 Å². The van der Waals surface area contributed by atoms with Crippen molar-refractivity contribution in [1.82, 2.24) is 10.3 Å². The molecule has 3 rings (SSSR count). The Labute approximate surface area is 156 Å². The van der Waals surface area contributed by atoms with Crippen molar-refractivity contribution >= 4 is 17.2 Å². The monoisotopic (exact) mass is 394 g/mol. The summed E-state index contributed by atoms with van der Waals surface area (Å²) >= 11 is 1.48. The number of hydrogen-bond donors (Lipinski definition) is 1. The summed E-state index contributed by atoms with van der Waals surface area (Å²) in [5, 5.41) is 5.17. The van der Waals surface area contributed by atoms with Crippen molar-refractivity contribution < 1.29 is 22.4 Å². The van der Waals surface area contributed by atoms with Gasteiger partial charge in [-0.05, 0) is 36.8 Å². The quantitative estimate of drug-likeness (QED) is 0.618. The van der Waals surface area contributed by atoms with E-state index in [9.17, 15) is 22.4 Å². The molecule has 1 heterocycles. The van der Waals surface area contributed by atoms with Crippen LogP contribution in [0.5, 0.6) is 0 Å². The highest BCUT2D eigenvalue weighted by Gasteiger charge is 2.33. The molecule has 0 atom stereocenters. The van der Waals surface area contributed by atoms with E-state index in [1.807, 2.05) is 12.3 Å². The van der Waals surface area contributed by atoms with Crippen LogP contribution in [0.25, 0.3) is 10.6 Å². The Morgan fingerprint density at radius 2 is 1.85 bits per heavy atom. The van der Waals surface area contributed by atoms with Gasteiger partial charge in [-0.25, -0.2) is 9.37 Å². The lowest BCUT2D eigenvalue weighted by Crippen LogP contribution is -2.24. The Bertz CT molecular complexity index is 965. The lowest BCUT2D eigenvalue weighted by Gasteiger charge is -2.13. The fourth-order valence-corrected chi connectivity index (χ4v) is 3.30. The molecule has 27 heavy (non-hydrogen) atoms. The van der Waals surface area contributed by atoms with Crippen molar-refractivity contribution in [3.05, 3.63) is 76.0 Å². The summed E-state index contributed by atoms with van der Waals surface area (Å²) in [6, 6.07) is 8.99. The fraction of sp³-hybridized carbons (Fsp3) is 0.158. The molecule has 3 nitrogen and oxygen atoms in total. The maximum Gasteiger partial charge on any atom is 0.416 e. The fourth-order valence-electron chi connectivity index (χ4n) is 2.50. The SMILES string of the molecule is Cc1csc(-c2ccc(C(=O)NCc3ccc(F)cc3C(F)(F)F)cc2)n1. The summed E-state index contributed by atoms with van der Waals surface area (Å²) in [6.07, 6.45) is -4.70. The Morgan fingerprint density at radius 3 is 2.44 bits per heavy atom. The molecule has 1 aromatic heterocycles. The molecule has 0 spiro atoms. The smallest absolute Gasteiger partial charge is 0.348 e. The van der Waals surface area contributed by atoms with Crippen molar-refractivity contribution in [3.8, 4) is 10.6 Å². The van der Waals surface area contributed by atoms with Gasteiger partial charge in [0, 0.05) is 28.7 Å². The maximum absolute atomic E-state index is 13.1. The van der Waals surface area contributed by atoms with Crippen molar-refractivity contribution in [3.63, 3.8) is 0 Å². The average molecular weight is 394 g/mol. The Kier molecular flexibility index (Phi) is 5.27. The number of thiazole rings is 1. The second-order valence-corrected chi connectivity index (χ2v) is 6.71. The number of amides is 1. The number of nitrogens with one attached hydrogen (secondary N) is 1. The number of alkyl halides is 3. The topological polar surface area (TPSA) is 42.0 Å². The molecule has 0 saturated heterocycles. The third-order valence-corrected chi connectivity index (χ3v) is 4.84. The normalized spacial score (nSPS) is 11.4. The van der Waals surface area contributed by atoms with Crippen LogP contribution in [0, 0.1) is 12.7 Å². The number of carbonyl (C=O) groups is 1. The number of hydrogen-bond acceptors (Lipinski definition) is 3. The first kappa shape index (κ1) is 19.0. The molecule has 0 radical (unpaired) electrons. The van der Waals surface area contributed by atoms with Gasteiger partial charge in [-0.1, -0.05) is 18.2 Å². The molecule has 1 amide bonds. The molecule has 8 heteroatoms. The van der Waals surface area contributed by atoms with Gasteiger partial charge in [0.15, 0.2) is 0 Å². The minimum Gasteiger partial charge on any atom is -0.348 e. The van der Waals surface area contributed by atoms with Crippen LogP contribution < -0.4 is 5.32 Å². The average Bonchev–Trinajstić information content (AvgIpc) is 3.06. The third kappa shape index (κ3) is 4.51. The Balaban J connectivity index is 1.71. The standard InChI is InChI=1S/C19H14F4N2OS/c1-11-10-27-18(25-11)13-4-2-12(3-5-13)17(26)24-9-14-6-7-15(20)8-16(14)19(21,22)23/h2-8,10H,9H2,1H3,(H,24,26). The van der Waals surface area contributed by atoms with Gasteiger partial charge in [-0.2, -0.15) is 13.2 Å². The predicted molar refractivity (Wildman–Crippen MR) is 94.9 cm³/mol. The molecule has 0 saturated carbocycles. The van der Waals surface area contributed by atoms with Crippen LogP contribution in [0.2, 0.25) is 0 Å². The van der Waals surface area contributed by atoms with E-state index in [1.54, 1.807) is 24.3 Å². The van der Waals surface area contributed by atoms with Gasteiger partial charge in [0.1, 0.15) is 10.8 Å². The molecule has 0 bridgehead atoms. The molecule has 0 aliphatic heterocycles. The molecular weight excluding hydrogens is 380 g/mol. The zero-order valence-corrected chi connectivity index (χ0v) is 14.9. The van der Waals surface area contributed by atoms with Crippen LogP contribution in [0.3, 0.4) is 0 Å². The second kappa shape index (κ2) is 7.48. The summed E-state index contributed by atoms with van der Waals surface area (Å²) in [7, 11) is 0. The highest BCUT2D eigenvalue weighted by molar-refractivity contribution is 7.13. The lowest BCUT2D eigenvalue weighted by molar-refractivity contribution is -0.138. The molecule has 140 valence electrons. The molecule has 1 N–H and O–H groups in total. The number of aryl methyl sites for hydroxylation is 1. The van der Waals surface area contributed by atoms with Crippen molar-refractivity contribution in [1.29, 1.82) is 0 Å². The summed E-state index contributed by atoms with van der Waals surface area (Å²) in [5.41, 5.74) is 0.756. The van der Waals surface area contributed by atoms with E-state index < -0.39 is 23.5 Å². The van der Waals surface area contributed by atoms with E-state index in [0.29, 0.717) is 11.6 Å². The van der Waals surface area contributed by atoms with Crippen LogP contribution in [0.1, 0.15) is 27.2 Å². The van der Waals surface area contributed by atoms with Gasteiger partial charge in [-0.15, -0.1) is 11.3 Å². The molecule has 3 aromatic rings. The zero-order valence-electron chi connectivity index (χ0n) is 14.1. The lowest BCUT2D eigenvalue weighted by atomic mass is 10.1.